The summed E-state index contributed by atoms with van der Waals surface area (Å²) < 4.78 is 5.75. The lowest BCUT2D eigenvalue weighted by molar-refractivity contribution is 0.0700. The predicted molar refractivity (Wildman–Crippen MR) is 94.9 cm³/mol. The van der Waals surface area contributed by atoms with Crippen LogP contribution in [-0.2, 0) is 0 Å². The average Bonchev–Trinajstić information content (AvgIpc) is 2.96. The average molecular weight is 326 g/mol. The molecule has 1 aliphatic rings. The maximum absolute atomic E-state index is 12.9. The van der Waals surface area contributed by atoms with Crippen molar-refractivity contribution in [1.29, 1.82) is 0 Å². The van der Waals surface area contributed by atoms with Gasteiger partial charge in [-0.3, -0.25) is 4.79 Å². The number of carbonyl (C=O) groups is 1. The molecule has 0 radical (unpaired) electrons. The highest BCUT2D eigenvalue weighted by Crippen LogP contribution is 2.25. The molecule has 0 atom stereocenters. The molecule has 0 spiro atoms. The van der Waals surface area contributed by atoms with Crippen molar-refractivity contribution in [2.24, 2.45) is 0 Å². The van der Waals surface area contributed by atoms with E-state index in [9.17, 15) is 4.79 Å². The Balaban J connectivity index is 1.77. The van der Waals surface area contributed by atoms with Crippen LogP contribution in [0.15, 0.2) is 34.7 Å². The number of nitrogens with zero attached hydrogens (tertiary/aromatic N) is 2. The van der Waals surface area contributed by atoms with Gasteiger partial charge in [-0.2, -0.15) is 0 Å². The highest BCUT2D eigenvalue weighted by molar-refractivity contribution is 5.93. The fourth-order valence-electron chi connectivity index (χ4n) is 3.45. The predicted octanol–water partition coefficient (Wildman–Crippen LogP) is 4.83. The van der Waals surface area contributed by atoms with Crippen molar-refractivity contribution in [3.8, 4) is 11.5 Å². The van der Waals surface area contributed by atoms with Gasteiger partial charge in [-0.25, -0.2) is 4.98 Å². The van der Waals surface area contributed by atoms with Gasteiger partial charge in [0, 0.05) is 18.7 Å². The summed E-state index contributed by atoms with van der Waals surface area (Å²) in [6.45, 7) is 1.82. The summed E-state index contributed by atoms with van der Waals surface area (Å²) in [6.07, 6.45) is 8.46. The van der Waals surface area contributed by atoms with Crippen molar-refractivity contribution in [1.82, 2.24) is 9.88 Å². The van der Waals surface area contributed by atoms with E-state index in [1.165, 1.54) is 32.1 Å². The van der Waals surface area contributed by atoms with Gasteiger partial charge in [0.2, 0.25) is 5.89 Å². The van der Waals surface area contributed by atoms with Crippen molar-refractivity contribution >= 4 is 5.91 Å². The molecule has 1 aromatic heterocycles. The number of rotatable bonds is 3. The van der Waals surface area contributed by atoms with E-state index in [0.717, 1.165) is 18.4 Å². The largest absolute Gasteiger partial charge is 0.441 e. The molecule has 1 aromatic carbocycles. The van der Waals surface area contributed by atoms with Gasteiger partial charge in [-0.05, 0) is 31.9 Å². The van der Waals surface area contributed by atoms with Crippen molar-refractivity contribution in [2.45, 2.75) is 57.9 Å². The second kappa shape index (κ2) is 7.65. The van der Waals surface area contributed by atoms with Gasteiger partial charge < -0.3 is 9.32 Å². The zero-order valence-electron chi connectivity index (χ0n) is 14.6. The Hall–Kier alpha value is -2.10. The fraction of sp³-hybridized carbons (Fsp3) is 0.500. The third-order valence-corrected chi connectivity index (χ3v) is 4.96. The van der Waals surface area contributed by atoms with Gasteiger partial charge in [-0.1, -0.05) is 50.3 Å². The minimum atomic E-state index is -0.0241. The van der Waals surface area contributed by atoms with Gasteiger partial charge in [-0.15, -0.1) is 0 Å². The number of aryl methyl sites for hydroxylation is 1. The molecule has 0 N–H and O–H groups in total. The van der Waals surface area contributed by atoms with Crippen molar-refractivity contribution < 1.29 is 9.21 Å². The quantitative estimate of drug-likeness (QED) is 0.811. The smallest absolute Gasteiger partial charge is 0.276 e. The van der Waals surface area contributed by atoms with Crippen molar-refractivity contribution in [3.05, 3.63) is 41.8 Å². The lowest BCUT2D eigenvalue weighted by Crippen LogP contribution is -2.38. The van der Waals surface area contributed by atoms with E-state index < -0.39 is 0 Å². The second-order valence-electron chi connectivity index (χ2n) is 6.70. The van der Waals surface area contributed by atoms with E-state index in [1.807, 2.05) is 49.2 Å². The fourth-order valence-corrected chi connectivity index (χ4v) is 3.45. The zero-order chi connectivity index (χ0) is 16.9. The van der Waals surface area contributed by atoms with Crippen LogP contribution in [0.2, 0.25) is 0 Å². The van der Waals surface area contributed by atoms with E-state index in [2.05, 4.69) is 4.98 Å². The van der Waals surface area contributed by atoms with Gasteiger partial charge in [0.15, 0.2) is 5.69 Å². The van der Waals surface area contributed by atoms with Gasteiger partial charge in [0.1, 0.15) is 5.76 Å². The first-order valence-corrected chi connectivity index (χ1v) is 8.97. The van der Waals surface area contributed by atoms with Gasteiger partial charge in [0.05, 0.1) is 0 Å². The van der Waals surface area contributed by atoms with Crippen molar-refractivity contribution in [2.75, 3.05) is 7.05 Å². The lowest BCUT2D eigenvalue weighted by Gasteiger charge is -2.29. The number of oxazole rings is 1. The van der Waals surface area contributed by atoms with Crippen LogP contribution in [-0.4, -0.2) is 28.9 Å². The monoisotopic (exact) mass is 326 g/mol. The molecule has 1 amide bonds. The maximum Gasteiger partial charge on any atom is 0.276 e. The van der Waals surface area contributed by atoms with E-state index in [1.54, 1.807) is 0 Å². The normalized spacial score (nSPS) is 16.4. The molecular formula is C20H26N2O2. The molecule has 2 aromatic rings. The Bertz CT molecular complexity index is 670. The number of hydrogen-bond donors (Lipinski definition) is 0. The molecule has 1 heterocycles. The summed E-state index contributed by atoms with van der Waals surface area (Å²) in [4.78, 5) is 19.3. The molecule has 4 heteroatoms. The number of amides is 1. The first kappa shape index (κ1) is 16.7. The van der Waals surface area contributed by atoms with E-state index >= 15 is 0 Å². The maximum atomic E-state index is 12.9. The second-order valence-corrected chi connectivity index (χ2v) is 6.70. The zero-order valence-corrected chi connectivity index (χ0v) is 14.6. The minimum Gasteiger partial charge on any atom is -0.441 e. The lowest BCUT2D eigenvalue weighted by atomic mass is 9.95. The number of carbonyl (C=O) groups excluding carboxylic acids is 1. The Morgan fingerprint density at radius 1 is 1.08 bits per heavy atom. The number of benzene rings is 1. The summed E-state index contributed by atoms with van der Waals surface area (Å²) in [6, 6.07) is 10.0. The van der Waals surface area contributed by atoms with Crippen LogP contribution in [0.4, 0.5) is 0 Å². The van der Waals surface area contributed by atoms with Crippen LogP contribution >= 0.6 is 0 Å². The molecule has 0 unspecified atom stereocenters. The molecule has 4 nitrogen and oxygen atoms in total. The molecule has 1 aliphatic carbocycles. The van der Waals surface area contributed by atoms with Crippen LogP contribution < -0.4 is 0 Å². The van der Waals surface area contributed by atoms with E-state index in [0.29, 0.717) is 23.4 Å². The molecular weight excluding hydrogens is 300 g/mol. The molecule has 128 valence electrons. The van der Waals surface area contributed by atoms with Gasteiger partial charge >= 0.3 is 0 Å². The van der Waals surface area contributed by atoms with Crippen LogP contribution in [0, 0.1) is 6.92 Å². The van der Waals surface area contributed by atoms with Crippen LogP contribution in [0.25, 0.3) is 11.5 Å². The highest BCUT2D eigenvalue weighted by Gasteiger charge is 2.26. The molecule has 0 saturated heterocycles. The van der Waals surface area contributed by atoms with Crippen LogP contribution in [0.3, 0.4) is 0 Å². The SMILES string of the molecule is Cc1oc(-c2ccccc2)nc1C(=O)N(C)C1CCCCCCC1. The molecule has 24 heavy (non-hydrogen) atoms. The first-order valence-electron chi connectivity index (χ1n) is 8.97. The van der Waals surface area contributed by atoms with E-state index in [4.69, 9.17) is 4.42 Å². The molecule has 1 saturated carbocycles. The third-order valence-electron chi connectivity index (χ3n) is 4.96. The summed E-state index contributed by atoms with van der Waals surface area (Å²) >= 11 is 0. The standard InChI is InChI=1S/C20H26N2O2/c1-15-18(21-19(24-15)16-11-7-6-8-12-16)20(23)22(2)17-13-9-4-3-5-10-14-17/h6-8,11-12,17H,3-5,9-10,13-14H2,1-2H3. The first-order chi connectivity index (χ1) is 11.7. The Labute approximate surface area is 143 Å². The molecule has 0 bridgehead atoms. The summed E-state index contributed by atoms with van der Waals surface area (Å²) in [5.41, 5.74) is 1.34. The van der Waals surface area contributed by atoms with Crippen LogP contribution in [0.1, 0.15) is 61.2 Å². The van der Waals surface area contributed by atoms with Crippen LogP contribution in [0.5, 0.6) is 0 Å². The Morgan fingerprint density at radius 2 is 1.71 bits per heavy atom. The third kappa shape index (κ3) is 3.69. The van der Waals surface area contributed by atoms with Crippen molar-refractivity contribution in [3.63, 3.8) is 0 Å². The molecule has 0 aliphatic heterocycles. The minimum absolute atomic E-state index is 0.0241. The summed E-state index contributed by atoms with van der Waals surface area (Å²) in [5.74, 6) is 1.09. The summed E-state index contributed by atoms with van der Waals surface area (Å²) in [7, 11) is 1.91. The highest BCUT2D eigenvalue weighted by atomic mass is 16.4. The number of hydrogen-bond acceptors (Lipinski definition) is 3. The molecule has 3 rings (SSSR count). The Morgan fingerprint density at radius 3 is 2.38 bits per heavy atom. The van der Waals surface area contributed by atoms with Gasteiger partial charge in [0.25, 0.3) is 5.91 Å². The topological polar surface area (TPSA) is 46.3 Å². The number of aromatic nitrogens is 1. The van der Waals surface area contributed by atoms with E-state index in [-0.39, 0.29) is 5.91 Å². The molecule has 1 fully saturated rings. The summed E-state index contributed by atoms with van der Waals surface area (Å²) in [5, 5.41) is 0. The Kier molecular flexibility index (Phi) is 5.34.